The minimum absolute atomic E-state index is 0.227. The van der Waals surface area contributed by atoms with E-state index in [1.165, 1.54) is 0 Å². The number of thiazole rings is 1. The van der Waals surface area contributed by atoms with Crippen LogP contribution in [0.4, 0.5) is 5.69 Å². The average molecular weight is 507 g/mol. The van der Waals surface area contributed by atoms with Crippen molar-refractivity contribution < 1.29 is 9.32 Å². The number of amides is 1. The van der Waals surface area contributed by atoms with Gasteiger partial charge in [0.2, 0.25) is 5.91 Å². The van der Waals surface area contributed by atoms with Crippen molar-refractivity contribution in [1.82, 2.24) is 15.0 Å². The van der Waals surface area contributed by atoms with Gasteiger partial charge in [0.25, 0.3) is 0 Å². The highest BCUT2D eigenvalue weighted by Crippen LogP contribution is 2.38. The second kappa shape index (κ2) is 10.3. The van der Waals surface area contributed by atoms with Gasteiger partial charge in [-0.15, -0.1) is 22.7 Å². The number of aromatic nitrogens is 2. The quantitative estimate of drug-likeness (QED) is 0.306. The Kier molecular flexibility index (Phi) is 7.02. The predicted molar refractivity (Wildman–Crippen MR) is 143 cm³/mol. The van der Waals surface area contributed by atoms with Gasteiger partial charge in [0.05, 0.1) is 22.7 Å². The van der Waals surface area contributed by atoms with Crippen LogP contribution in [0.1, 0.15) is 48.3 Å². The number of rotatable bonds is 7. The summed E-state index contributed by atoms with van der Waals surface area (Å²) in [5, 5.41) is 13.1. The molecule has 1 aromatic carbocycles. The highest BCUT2D eigenvalue weighted by atomic mass is 32.1. The third kappa shape index (κ3) is 5.33. The van der Waals surface area contributed by atoms with Crippen molar-refractivity contribution in [2.24, 2.45) is 0 Å². The Balaban J connectivity index is 1.29. The molecule has 0 radical (unpaired) electrons. The SMILES string of the molecule is Cc1onc(-c2cccc(NC(C)C)c2)c1-c1csc(C2CCN(C(=O)Cc3cccs3)CC2)n1. The van der Waals surface area contributed by atoms with Gasteiger partial charge >= 0.3 is 0 Å². The van der Waals surface area contributed by atoms with Gasteiger partial charge in [0.15, 0.2) is 0 Å². The summed E-state index contributed by atoms with van der Waals surface area (Å²) in [5.41, 5.74) is 4.76. The molecule has 0 saturated carbocycles. The number of carbonyl (C=O) groups excluding carboxylic acids is 1. The smallest absolute Gasteiger partial charge is 0.227 e. The van der Waals surface area contributed by atoms with Crippen LogP contribution in [0.25, 0.3) is 22.5 Å². The zero-order chi connectivity index (χ0) is 24.4. The fraction of sp³-hybridized carbons (Fsp3) is 0.370. The topological polar surface area (TPSA) is 71.3 Å². The van der Waals surface area contributed by atoms with E-state index >= 15 is 0 Å². The molecular formula is C27H30N4O2S2. The maximum absolute atomic E-state index is 12.7. The second-order valence-corrected chi connectivity index (χ2v) is 11.2. The summed E-state index contributed by atoms with van der Waals surface area (Å²) in [6.45, 7) is 7.77. The molecule has 1 saturated heterocycles. The Morgan fingerprint density at radius 1 is 1.20 bits per heavy atom. The zero-order valence-electron chi connectivity index (χ0n) is 20.3. The molecule has 1 N–H and O–H groups in total. The van der Waals surface area contributed by atoms with E-state index in [1.807, 2.05) is 35.4 Å². The predicted octanol–water partition coefficient (Wildman–Crippen LogP) is 6.60. The molecule has 4 heterocycles. The molecular weight excluding hydrogens is 476 g/mol. The summed E-state index contributed by atoms with van der Waals surface area (Å²) in [5.74, 6) is 1.37. The molecule has 1 fully saturated rings. The van der Waals surface area contributed by atoms with E-state index in [-0.39, 0.29) is 5.91 Å². The highest BCUT2D eigenvalue weighted by Gasteiger charge is 2.27. The van der Waals surface area contributed by atoms with Gasteiger partial charge in [0, 0.05) is 46.6 Å². The van der Waals surface area contributed by atoms with E-state index in [0.717, 1.165) is 69.8 Å². The molecule has 0 bridgehead atoms. The molecule has 0 aliphatic carbocycles. The molecule has 0 unspecified atom stereocenters. The van der Waals surface area contributed by atoms with Crippen LogP contribution in [0.5, 0.6) is 0 Å². The Bertz CT molecular complexity index is 1280. The molecule has 6 nitrogen and oxygen atoms in total. The van der Waals surface area contributed by atoms with Gasteiger partial charge in [-0.05, 0) is 57.2 Å². The summed E-state index contributed by atoms with van der Waals surface area (Å²) in [6.07, 6.45) is 2.40. The summed E-state index contributed by atoms with van der Waals surface area (Å²) in [6, 6.07) is 12.6. The van der Waals surface area contributed by atoms with Crippen LogP contribution in [-0.4, -0.2) is 40.1 Å². The van der Waals surface area contributed by atoms with Gasteiger partial charge in [-0.1, -0.05) is 23.4 Å². The first-order chi connectivity index (χ1) is 17.0. The minimum atomic E-state index is 0.227. The number of piperidine rings is 1. The first-order valence-electron chi connectivity index (χ1n) is 12.1. The Morgan fingerprint density at radius 3 is 2.77 bits per heavy atom. The van der Waals surface area contributed by atoms with Crippen LogP contribution in [0.15, 0.2) is 51.7 Å². The van der Waals surface area contributed by atoms with Gasteiger partial charge in [-0.2, -0.15) is 0 Å². The molecule has 3 aromatic heterocycles. The lowest BCUT2D eigenvalue weighted by molar-refractivity contribution is -0.131. The van der Waals surface area contributed by atoms with E-state index in [4.69, 9.17) is 9.51 Å². The molecule has 1 amide bonds. The molecule has 0 atom stereocenters. The van der Waals surface area contributed by atoms with Gasteiger partial charge in [0.1, 0.15) is 11.5 Å². The molecule has 0 spiro atoms. The number of thiophene rings is 1. The maximum Gasteiger partial charge on any atom is 0.227 e. The molecule has 1 aliphatic heterocycles. The van der Waals surface area contributed by atoms with E-state index in [9.17, 15) is 4.79 Å². The van der Waals surface area contributed by atoms with Gasteiger partial charge in [-0.3, -0.25) is 4.79 Å². The lowest BCUT2D eigenvalue weighted by Crippen LogP contribution is -2.38. The normalized spacial score (nSPS) is 14.6. The molecule has 182 valence electrons. The first kappa shape index (κ1) is 23.8. The summed E-state index contributed by atoms with van der Waals surface area (Å²) in [4.78, 5) is 20.8. The van der Waals surface area contributed by atoms with E-state index in [1.54, 1.807) is 22.7 Å². The third-order valence-electron chi connectivity index (χ3n) is 6.33. The van der Waals surface area contributed by atoms with Crippen molar-refractivity contribution >= 4 is 34.3 Å². The Labute approximate surface area is 214 Å². The van der Waals surface area contributed by atoms with E-state index < -0.39 is 0 Å². The van der Waals surface area contributed by atoms with Gasteiger partial charge in [-0.25, -0.2) is 4.98 Å². The first-order valence-corrected chi connectivity index (χ1v) is 13.8. The monoisotopic (exact) mass is 506 g/mol. The van der Waals surface area contributed by atoms with Crippen LogP contribution < -0.4 is 5.32 Å². The van der Waals surface area contributed by atoms with E-state index in [0.29, 0.717) is 18.4 Å². The molecule has 1 aliphatic rings. The summed E-state index contributed by atoms with van der Waals surface area (Å²) in [7, 11) is 0. The standard InChI is InChI=1S/C27H30N4O2S2/c1-17(2)28-21-7-4-6-20(14-21)26-25(18(3)33-30-26)23-16-35-27(29-23)19-9-11-31(12-10-19)24(32)15-22-8-5-13-34-22/h4-8,13-14,16-17,19,28H,9-12,15H2,1-3H3. The van der Waals surface area contributed by atoms with Crippen LogP contribution in [0.3, 0.4) is 0 Å². The van der Waals surface area contributed by atoms with Crippen LogP contribution >= 0.6 is 22.7 Å². The minimum Gasteiger partial charge on any atom is -0.383 e. The molecule has 35 heavy (non-hydrogen) atoms. The summed E-state index contributed by atoms with van der Waals surface area (Å²) >= 11 is 3.34. The highest BCUT2D eigenvalue weighted by molar-refractivity contribution is 7.10. The lowest BCUT2D eigenvalue weighted by atomic mass is 9.97. The number of anilines is 1. The number of benzene rings is 1. The van der Waals surface area contributed by atoms with Crippen molar-refractivity contribution in [1.29, 1.82) is 0 Å². The number of aryl methyl sites for hydroxylation is 1. The molecule has 5 rings (SSSR count). The van der Waals surface area contributed by atoms with Crippen LogP contribution in [0, 0.1) is 6.92 Å². The van der Waals surface area contributed by atoms with Crippen LogP contribution in [0.2, 0.25) is 0 Å². The van der Waals surface area contributed by atoms with Crippen molar-refractivity contribution in [3.05, 3.63) is 62.8 Å². The Hall–Kier alpha value is -2.97. The largest absolute Gasteiger partial charge is 0.383 e. The fourth-order valence-corrected chi connectivity index (χ4v) is 6.28. The number of hydrogen-bond acceptors (Lipinski definition) is 7. The van der Waals surface area contributed by atoms with E-state index in [2.05, 4.69) is 47.9 Å². The number of hydrogen-bond donors (Lipinski definition) is 1. The lowest BCUT2D eigenvalue weighted by Gasteiger charge is -2.31. The molecule has 4 aromatic rings. The van der Waals surface area contributed by atoms with Crippen molar-refractivity contribution in [3.8, 4) is 22.5 Å². The van der Waals surface area contributed by atoms with Crippen molar-refractivity contribution in [3.63, 3.8) is 0 Å². The number of nitrogens with zero attached hydrogens (tertiary/aromatic N) is 3. The summed E-state index contributed by atoms with van der Waals surface area (Å²) < 4.78 is 5.61. The number of nitrogens with one attached hydrogen (secondary N) is 1. The van der Waals surface area contributed by atoms with Crippen molar-refractivity contribution in [2.45, 2.75) is 52.0 Å². The average Bonchev–Trinajstić information content (AvgIpc) is 3.60. The number of carbonyl (C=O) groups is 1. The number of likely N-dealkylation sites (tertiary alicyclic amines) is 1. The third-order valence-corrected chi connectivity index (χ3v) is 8.22. The van der Waals surface area contributed by atoms with Gasteiger partial charge < -0.3 is 14.7 Å². The maximum atomic E-state index is 12.7. The zero-order valence-corrected chi connectivity index (χ0v) is 21.9. The second-order valence-electron chi connectivity index (χ2n) is 9.32. The van der Waals surface area contributed by atoms with Crippen LogP contribution in [-0.2, 0) is 11.2 Å². The Morgan fingerprint density at radius 2 is 2.03 bits per heavy atom. The fourth-order valence-electron chi connectivity index (χ4n) is 4.60. The van der Waals surface area contributed by atoms with Crippen molar-refractivity contribution in [2.75, 3.05) is 18.4 Å². The molecule has 8 heteroatoms.